The number of carbonyl (C=O) groups excluding carboxylic acids is 1. The van der Waals surface area contributed by atoms with Crippen LogP contribution in [0.2, 0.25) is 0 Å². The monoisotopic (exact) mass is 310 g/mol. The van der Waals surface area contributed by atoms with Crippen LogP contribution in [0.15, 0.2) is 0 Å². The van der Waals surface area contributed by atoms with E-state index in [-0.39, 0.29) is 6.04 Å². The Morgan fingerprint density at radius 3 is 2.91 bits per heavy atom. The Morgan fingerprint density at radius 1 is 1.23 bits per heavy atom. The predicted molar refractivity (Wildman–Crippen MR) is 84.7 cm³/mol. The molecule has 1 aliphatic carbocycles. The third kappa shape index (κ3) is 3.81. The smallest absolute Gasteiger partial charge is 0.239 e. The van der Waals surface area contributed by atoms with E-state index in [4.69, 9.17) is 9.47 Å². The Bertz CT molecular complexity index is 363. The molecule has 1 N–H and O–H groups in total. The molecule has 0 aromatic carbocycles. The van der Waals surface area contributed by atoms with Gasteiger partial charge in [-0.05, 0) is 31.6 Å². The van der Waals surface area contributed by atoms with Crippen molar-refractivity contribution in [3.05, 3.63) is 0 Å². The van der Waals surface area contributed by atoms with Crippen molar-refractivity contribution in [2.75, 3.05) is 40.0 Å². The molecular weight excluding hydrogens is 280 g/mol. The minimum atomic E-state index is 0.0706. The molecule has 3 fully saturated rings. The van der Waals surface area contributed by atoms with Crippen molar-refractivity contribution in [3.63, 3.8) is 0 Å². The molecule has 4 atom stereocenters. The fourth-order valence-electron chi connectivity index (χ4n) is 4.29. The van der Waals surface area contributed by atoms with Gasteiger partial charge < -0.3 is 19.7 Å². The number of nitrogens with one attached hydrogen (secondary N) is 1. The molecule has 0 spiro atoms. The first kappa shape index (κ1) is 16.2. The summed E-state index contributed by atoms with van der Waals surface area (Å²) in [6.07, 6.45) is 7.34. The van der Waals surface area contributed by atoms with E-state index in [0.29, 0.717) is 31.1 Å². The third-order valence-electron chi connectivity index (χ3n) is 5.54. The summed E-state index contributed by atoms with van der Waals surface area (Å²) in [5, 5.41) is 3.61. The molecule has 5 nitrogen and oxygen atoms in total. The van der Waals surface area contributed by atoms with Gasteiger partial charge in [-0.25, -0.2) is 0 Å². The van der Waals surface area contributed by atoms with Crippen molar-refractivity contribution in [2.24, 2.45) is 11.8 Å². The SMILES string of the molecule is COCCOCC1CCN(C(=O)C2CC3CCCCC3N2)C1. The van der Waals surface area contributed by atoms with Gasteiger partial charge in [0.05, 0.1) is 25.9 Å². The number of rotatable bonds is 6. The van der Waals surface area contributed by atoms with Crippen molar-refractivity contribution in [1.82, 2.24) is 10.2 Å². The summed E-state index contributed by atoms with van der Waals surface area (Å²) in [5.74, 6) is 1.55. The molecule has 4 unspecified atom stereocenters. The first-order valence-electron chi connectivity index (χ1n) is 8.89. The average Bonchev–Trinajstić information content (AvgIpc) is 3.17. The van der Waals surface area contributed by atoms with Gasteiger partial charge in [-0.1, -0.05) is 12.8 Å². The second-order valence-electron chi connectivity index (χ2n) is 7.11. The number of amides is 1. The van der Waals surface area contributed by atoms with Gasteiger partial charge in [0.2, 0.25) is 5.91 Å². The fraction of sp³-hybridized carbons (Fsp3) is 0.941. The molecule has 1 saturated carbocycles. The summed E-state index contributed by atoms with van der Waals surface area (Å²) >= 11 is 0. The van der Waals surface area contributed by atoms with Crippen LogP contribution in [-0.2, 0) is 14.3 Å². The molecule has 5 heteroatoms. The number of likely N-dealkylation sites (tertiary alicyclic amines) is 1. The van der Waals surface area contributed by atoms with Crippen LogP contribution in [-0.4, -0.2) is 62.9 Å². The lowest BCUT2D eigenvalue weighted by Crippen LogP contribution is -2.44. The van der Waals surface area contributed by atoms with E-state index in [1.807, 2.05) is 0 Å². The van der Waals surface area contributed by atoms with E-state index >= 15 is 0 Å². The van der Waals surface area contributed by atoms with Crippen molar-refractivity contribution in [3.8, 4) is 0 Å². The van der Waals surface area contributed by atoms with Gasteiger partial charge >= 0.3 is 0 Å². The fourth-order valence-corrected chi connectivity index (χ4v) is 4.29. The number of methoxy groups -OCH3 is 1. The molecule has 2 heterocycles. The van der Waals surface area contributed by atoms with Gasteiger partial charge in [-0.2, -0.15) is 0 Å². The summed E-state index contributed by atoms with van der Waals surface area (Å²) in [4.78, 5) is 14.8. The van der Waals surface area contributed by atoms with Crippen molar-refractivity contribution in [2.45, 2.75) is 50.6 Å². The number of hydrogen-bond donors (Lipinski definition) is 1. The van der Waals surface area contributed by atoms with Gasteiger partial charge in [0, 0.05) is 32.2 Å². The lowest BCUT2D eigenvalue weighted by atomic mass is 9.85. The number of nitrogens with zero attached hydrogens (tertiary/aromatic N) is 1. The molecule has 1 amide bonds. The van der Waals surface area contributed by atoms with E-state index in [9.17, 15) is 4.79 Å². The molecule has 0 aromatic rings. The second kappa shape index (κ2) is 7.75. The number of carbonyl (C=O) groups is 1. The average molecular weight is 310 g/mol. The Morgan fingerprint density at radius 2 is 2.09 bits per heavy atom. The van der Waals surface area contributed by atoms with E-state index in [1.54, 1.807) is 7.11 Å². The second-order valence-corrected chi connectivity index (χ2v) is 7.11. The minimum absolute atomic E-state index is 0.0706. The number of hydrogen-bond acceptors (Lipinski definition) is 4. The topological polar surface area (TPSA) is 50.8 Å². The van der Waals surface area contributed by atoms with Crippen LogP contribution in [0.25, 0.3) is 0 Å². The number of ether oxygens (including phenoxy) is 2. The zero-order chi connectivity index (χ0) is 15.4. The molecule has 0 bridgehead atoms. The van der Waals surface area contributed by atoms with Gasteiger partial charge in [0.1, 0.15) is 0 Å². The first-order valence-corrected chi connectivity index (χ1v) is 8.89. The molecule has 3 aliphatic rings. The molecule has 126 valence electrons. The van der Waals surface area contributed by atoms with E-state index in [0.717, 1.165) is 38.5 Å². The quantitative estimate of drug-likeness (QED) is 0.754. The maximum Gasteiger partial charge on any atom is 0.239 e. The van der Waals surface area contributed by atoms with Gasteiger partial charge in [-0.3, -0.25) is 4.79 Å². The summed E-state index contributed by atoms with van der Waals surface area (Å²) < 4.78 is 10.6. The van der Waals surface area contributed by atoms with Crippen LogP contribution in [0.3, 0.4) is 0 Å². The summed E-state index contributed by atoms with van der Waals surface area (Å²) in [7, 11) is 1.69. The maximum absolute atomic E-state index is 12.7. The van der Waals surface area contributed by atoms with Crippen LogP contribution in [0, 0.1) is 11.8 Å². The van der Waals surface area contributed by atoms with Crippen LogP contribution in [0.5, 0.6) is 0 Å². The molecule has 0 aromatic heterocycles. The largest absolute Gasteiger partial charge is 0.382 e. The van der Waals surface area contributed by atoms with Crippen molar-refractivity contribution in [1.29, 1.82) is 0 Å². The van der Waals surface area contributed by atoms with Crippen molar-refractivity contribution >= 4 is 5.91 Å². The third-order valence-corrected chi connectivity index (χ3v) is 5.54. The van der Waals surface area contributed by atoms with Gasteiger partial charge in [-0.15, -0.1) is 0 Å². The summed E-state index contributed by atoms with van der Waals surface area (Å²) in [6, 6.07) is 0.666. The molecule has 2 saturated heterocycles. The van der Waals surface area contributed by atoms with Crippen LogP contribution < -0.4 is 5.32 Å². The highest BCUT2D eigenvalue weighted by Gasteiger charge is 2.40. The minimum Gasteiger partial charge on any atom is -0.382 e. The molecular formula is C17H30N2O3. The zero-order valence-electron chi connectivity index (χ0n) is 13.8. The lowest BCUT2D eigenvalue weighted by molar-refractivity contribution is -0.132. The standard InChI is InChI=1S/C17H30N2O3/c1-21-8-9-22-12-13-6-7-19(11-13)17(20)16-10-14-4-2-3-5-15(14)18-16/h13-16,18H,2-12H2,1H3. The van der Waals surface area contributed by atoms with Crippen LogP contribution in [0.1, 0.15) is 38.5 Å². The molecule has 22 heavy (non-hydrogen) atoms. The van der Waals surface area contributed by atoms with E-state index in [2.05, 4.69) is 10.2 Å². The summed E-state index contributed by atoms with van der Waals surface area (Å²) in [5.41, 5.74) is 0. The Labute approximate surface area is 133 Å². The lowest BCUT2D eigenvalue weighted by Gasteiger charge is -2.24. The normalized spacial score (nSPS) is 34.9. The zero-order valence-corrected chi connectivity index (χ0v) is 13.8. The maximum atomic E-state index is 12.7. The van der Waals surface area contributed by atoms with E-state index in [1.165, 1.54) is 25.7 Å². The Balaban J connectivity index is 1.42. The van der Waals surface area contributed by atoms with Gasteiger partial charge in [0.15, 0.2) is 0 Å². The molecule has 0 radical (unpaired) electrons. The van der Waals surface area contributed by atoms with Gasteiger partial charge in [0.25, 0.3) is 0 Å². The number of fused-ring (bicyclic) bond motifs is 1. The highest BCUT2D eigenvalue weighted by molar-refractivity contribution is 5.82. The van der Waals surface area contributed by atoms with E-state index < -0.39 is 0 Å². The molecule has 2 aliphatic heterocycles. The predicted octanol–water partition coefficient (Wildman–Crippen LogP) is 1.42. The molecule has 3 rings (SSSR count). The van der Waals surface area contributed by atoms with Crippen LogP contribution in [0.4, 0.5) is 0 Å². The Kier molecular flexibility index (Phi) is 5.71. The highest BCUT2D eigenvalue weighted by atomic mass is 16.5. The summed E-state index contributed by atoms with van der Waals surface area (Å²) in [6.45, 7) is 3.79. The highest BCUT2D eigenvalue weighted by Crippen LogP contribution is 2.34. The Hall–Kier alpha value is -0.650. The van der Waals surface area contributed by atoms with Crippen molar-refractivity contribution < 1.29 is 14.3 Å². The first-order chi connectivity index (χ1) is 10.8. The van der Waals surface area contributed by atoms with Crippen LogP contribution >= 0.6 is 0 Å².